The van der Waals surface area contributed by atoms with E-state index in [1.807, 2.05) is 12.1 Å². The Kier molecular flexibility index (Phi) is 6.17. The fourth-order valence-corrected chi connectivity index (χ4v) is 5.28. The molecule has 0 amide bonds. The number of carbonyl (C=O) groups is 1. The zero-order chi connectivity index (χ0) is 22.1. The van der Waals surface area contributed by atoms with Crippen LogP contribution in [0.5, 0.6) is 0 Å². The molecule has 1 aliphatic rings. The van der Waals surface area contributed by atoms with Gasteiger partial charge in [0.2, 0.25) is 0 Å². The molecule has 1 aliphatic carbocycles. The highest BCUT2D eigenvalue weighted by molar-refractivity contribution is 5.80. The lowest BCUT2D eigenvalue weighted by Crippen LogP contribution is -2.37. The van der Waals surface area contributed by atoms with Crippen LogP contribution >= 0.6 is 0 Å². The normalized spacial score (nSPS) is 21.5. The molecule has 2 aromatic carbocycles. The number of nitrogens with zero attached hydrogens (tertiary/aromatic N) is 2. The van der Waals surface area contributed by atoms with Crippen LogP contribution in [0.3, 0.4) is 0 Å². The average Bonchev–Trinajstić information content (AvgIpc) is 3.00. The molecule has 1 fully saturated rings. The van der Waals surface area contributed by atoms with Crippen molar-refractivity contribution in [3.8, 4) is 11.4 Å². The van der Waals surface area contributed by atoms with Gasteiger partial charge in [-0.25, -0.2) is 13.9 Å². The monoisotopic (exact) mass is 419 g/mol. The molecule has 31 heavy (non-hydrogen) atoms. The molecule has 1 saturated carbocycles. The van der Waals surface area contributed by atoms with Crippen LogP contribution in [-0.2, 0) is 23.1 Å². The van der Waals surface area contributed by atoms with Gasteiger partial charge in [-0.3, -0.25) is 0 Å². The Morgan fingerprint density at radius 2 is 1.84 bits per heavy atom. The van der Waals surface area contributed by atoms with Crippen LogP contribution < -0.4 is 4.57 Å². The van der Waals surface area contributed by atoms with Crippen molar-refractivity contribution in [1.82, 2.24) is 4.57 Å². The van der Waals surface area contributed by atoms with E-state index in [1.54, 1.807) is 0 Å². The van der Waals surface area contributed by atoms with Crippen LogP contribution in [0, 0.1) is 24.7 Å². The molecular weight excluding hydrogens is 384 g/mol. The number of esters is 1. The molecule has 4 nitrogen and oxygen atoms in total. The Balaban J connectivity index is 1.69. The molecular formula is C27H35N2O2+. The summed E-state index contributed by atoms with van der Waals surface area (Å²) in [7, 11) is 2.07. The first-order valence-electron chi connectivity index (χ1n) is 11.6. The second kappa shape index (κ2) is 8.86. The van der Waals surface area contributed by atoms with Crippen LogP contribution in [-0.4, -0.2) is 16.6 Å². The molecule has 0 spiro atoms. The van der Waals surface area contributed by atoms with Crippen molar-refractivity contribution < 1.29 is 14.1 Å². The average molecular weight is 420 g/mol. The maximum atomic E-state index is 13.2. The molecule has 1 unspecified atom stereocenters. The van der Waals surface area contributed by atoms with E-state index in [0.717, 1.165) is 35.3 Å². The lowest BCUT2D eigenvalue weighted by atomic mass is 9.75. The van der Waals surface area contributed by atoms with Gasteiger partial charge in [-0.1, -0.05) is 57.5 Å². The smallest absolute Gasteiger partial charge is 0.348 e. The first kappa shape index (κ1) is 21.6. The summed E-state index contributed by atoms with van der Waals surface area (Å²) in [5.41, 5.74) is 4.49. The lowest BCUT2D eigenvalue weighted by molar-refractivity contribution is -0.634. The summed E-state index contributed by atoms with van der Waals surface area (Å²) in [6.07, 6.45) is 3.37. The summed E-state index contributed by atoms with van der Waals surface area (Å²) in [5, 5.41) is 0. The van der Waals surface area contributed by atoms with Gasteiger partial charge >= 0.3 is 5.97 Å². The lowest BCUT2D eigenvalue weighted by Gasteiger charge is -2.36. The molecule has 1 aromatic heterocycles. The van der Waals surface area contributed by atoms with Crippen LogP contribution in [0.2, 0.25) is 0 Å². The first-order valence-corrected chi connectivity index (χ1v) is 11.6. The van der Waals surface area contributed by atoms with Crippen LogP contribution in [0.1, 0.15) is 45.6 Å². The van der Waals surface area contributed by atoms with Crippen LogP contribution in [0.15, 0.2) is 48.5 Å². The standard InChI is InChI=1S/C27H35N2O2/c1-18(2)21-15-14-19(3)16-25(21)31-26(30)17-29-24-13-9-8-12-23(24)28(5)27(29)22-11-7-6-10-20(22)4/h6-13,18-19,21,25H,14-17H2,1-5H3/q+1/t19-,21+,25?/m1/s1. The van der Waals surface area contributed by atoms with Crippen LogP contribution in [0.4, 0.5) is 0 Å². The number of carbonyl (C=O) groups excluding carboxylic acids is 1. The van der Waals surface area contributed by atoms with E-state index in [9.17, 15) is 4.79 Å². The van der Waals surface area contributed by atoms with Gasteiger partial charge in [0.25, 0.3) is 5.82 Å². The molecule has 0 radical (unpaired) electrons. The Morgan fingerprint density at radius 3 is 2.58 bits per heavy atom. The highest BCUT2D eigenvalue weighted by Gasteiger charge is 2.34. The number of aromatic nitrogens is 2. The van der Waals surface area contributed by atoms with E-state index in [0.29, 0.717) is 17.8 Å². The Labute approximate surface area is 185 Å². The van der Waals surface area contributed by atoms with E-state index in [2.05, 4.69) is 80.3 Å². The predicted octanol–water partition coefficient (Wildman–Crippen LogP) is 5.45. The third kappa shape index (κ3) is 4.26. The number of hydrogen-bond donors (Lipinski definition) is 0. The van der Waals surface area contributed by atoms with Gasteiger partial charge < -0.3 is 4.74 Å². The number of ether oxygens (including phenoxy) is 1. The number of fused-ring (bicyclic) bond motifs is 1. The molecule has 0 N–H and O–H groups in total. The molecule has 164 valence electrons. The second-order valence-electron chi connectivity index (χ2n) is 9.63. The summed E-state index contributed by atoms with van der Waals surface area (Å²) in [5.74, 6) is 2.49. The van der Waals surface area contributed by atoms with Gasteiger partial charge in [-0.15, -0.1) is 0 Å². The van der Waals surface area contributed by atoms with Gasteiger partial charge in [0.15, 0.2) is 17.6 Å². The Hall–Kier alpha value is -2.62. The van der Waals surface area contributed by atoms with Crippen molar-refractivity contribution in [1.29, 1.82) is 0 Å². The van der Waals surface area contributed by atoms with E-state index >= 15 is 0 Å². The van der Waals surface area contributed by atoms with Crippen molar-refractivity contribution in [3.05, 3.63) is 54.1 Å². The van der Waals surface area contributed by atoms with Crippen molar-refractivity contribution in [3.63, 3.8) is 0 Å². The molecule has 3 aromatic rings. The molecule has 0 bridgehead atoms. The van der Waals surface area contributed by atoms with Crippen molar-refractivity contribution in [2.45, 2.75) is 59.6 Å². The third-order valence-electron chi connectivity index (χ3n) is 7.02. The molecule has 4 heteroatoms. The Morgan fingerprint density at radius 1 is 1.13 bits per heavy atom. The fourth-order valence-electron chi connectivity index (χ4n) is 5.28. The van der Waals surface area contributed by atoms with E-state index in [4.69, 9.17) is 4.74 Å². The number of hydrogen-bond acceptors (Lipinski definition) is 2. The zero-order valence-electron chi connectivity index (χ0n) is 19.5. The minimum absolute atomic E-state index is 0.0220. The maximum Gasteiger partial charge on any atom is 0.348 e. The highest BCUT2D eigenvalue weighted by Crippen LogP contribution is 2.35. The highest BCUT2D eigenvalue weighted by atomic mass is 16.5. The third-order valence-corrected chi connectivity index (χ3v) is 7.02. The van der Waals surface area contributed by atoms with Gasteiger partial charge in [-0.05, 0) is 61.3 Å². The summed E-state index contributed by atoms with van der Waals surface area (Å²) >= 11 is 0. The number of benzene rings is 2. The van der Waals surface area contributed by atoms with Crippen molar-refractivity contribution >= 4 is 17.0 Å². The number of rotatable bonds is 5. The van der Waals surface area contributed by atoms with E-state index in [-0.39, 0.29) is 18.6 Å². The van der Waals surface area contributed by atoms with E-state index in [1.165, 1.54) is 12.0 Å². The quantitative estimate of drug-likeness (QED) is 0.407. The minimum atomic E-state index is -0.138. The minimum Gasteiger partial charge on any atom is -0.459 e. The summed E-state index contributed by atoms with van der Waals surface area (Å²) in [4.78, 5) is 13.2. The van der Waals surface area contributed by atoms with Crippen LogP contribution in [0.25, 0.3) is 22.4 Å². The number of para-hydroxylation sites is 2. The molecule has 0 saturated heterocycles. The molecule has 1 heterocycles. The maximum absolute atomic E-state index is 13.2. The van der Waals surface area contributed by atoms with Gasteiger partial charge in [0, 0.05) is 0 Å². The fraction of sp³-hybridized carbons (Fsp3) is 0.481. The van der Waals surface area contributed by atoms with Gasteiger partial charge in [0.1, 0.15) is 6.10 Å². The summed E-state index contributed by atoms with van der Waals surface area (Å²) in [6.45, 7) is 9.11. The van der Waals surface area contributed by atoms with E-state index < -0.39 is 0 Å². The topological polar surface area (TPSA) is 35.1 Å². The largest absolute Gasteiger partial charge is 0.459 e. The van der Waals surface area contributed by atoms with Crippen molar-refractivity contribution in [2.24, 2.45) is 24.8 Å². The zero-order valence-corrected chi connectivity index (χ0v) is 19.5. The summed E-state index contributed by atoms with van der Waals surface area (Å²) in [6, 6.07) is 16.6. The second-order valence-corrected chi connectivity index (χ2v) is 9.63. The first-order chi connectivity index (χ1) is 14.9. The number of imidazole rings is 1. The predicted molar refractivity (Wildman–Crippen MR) is 125 cm³/mol. The molecule has 4 rings (SSSR count). The summed E-state index contributed by atoms with van der Waals surface area (Å²) < 4.78 is 10.5. The Bertz CT molecular complexity index is 1080. The number of aryl methyl sites for hydroxylation is 2. The molecule has 3 atom stereocenters. The SMILES string of the molecule is Cc1ccccc1-c1n(CC(=O)OC2C[C@H](C)CC[C@H]2C(C)C)c2ccccc2[n+]1C. The van der Waals surface area contributed by atoms with Gasteiger partial charge in [0.05, 0.1) is 12.6 Å². The van der Waals surface area contributed by atoms with Crippen molar-refractivity contribution in [2.75, 3.05) is 0 Å². The molecule has 0 aliphatic heterocycles. The van der Waals surface area contributed by atoms with Gasteiger partial charge in [-0.2, -0.15) is 0 Å².